The molecule has 47 heavy (non-hydrogen) atoms. The monoisotopic (exact) mass is 695 g/mol. The molecule has 0 saturated heterocycles. The Bertz CT molecular complexity index is 1740. The molecule has 8 nitrogen and oxygen atoms in total. The van der Waals surface area contributed by atoms with E-state index in [2.05, 4.69) is 5.32 Å². The van der Waals surface area contributed by atoms with Gasteiger partial charge in [0.1, 0.15) is 24.9 Å². The van der Waals surface area contributed by atoms with Crippen molar-refractivity contribution in [3.8, 4) is 5.75 Å². The van der Waals surface area contributed by atoms with E-state index in [-0.39, 0.29) is 18.7 Å². The maximum atomic E-state index is 14.4. The molecule has 1 N–H and O–H groups in total. The molecular weight excluding hydrogens is 657 g/mol. The largest absolute Gasteiger partial charge is 0.489 e. The van der Waals surface area contributed by atoms with Gasteiger partial charge in [-0.3, -0.25) is 13.9 Å². The van der Waals surface area contributed by atoms with Crippen molar-refractivity contribution in [2.24, 2.45) is 0 Å². The number of ether oxygens (including phenoxy) is 1. The van der Waals surface area contributed by atoms with E-state index in [4.69, 9.17) is 27.9 Å². The smallest absolute Gasteiger partial charge is 0.244 e. The number of amides is 2. The highest BCUT2D eigenvalue weighted by Gasteiger charge is 2.35. The first kappa shape index (κ1) is 35.8. The summed E-state index contributed by atoms with van der Waals surface area (Å²) in [5.41, 5.74) is 1.90. The highest BCUT2D eigenvalue weighted by Crippen LogP contribution is 2.28. The Kier molecular flexibility index (Phi) is 12.0. The van der Waals surface area contributed by atoms with E-state index in [0.717, 1.165) is 21.7 Å². The van der Waals surface area contributed by atoms with Crippen molar-refractivity contribution in [2.45, 2.75) is 51.9 Å². The first-order chi connectivity index (χ1) is 22.2. The molecule has 0 aliphatic heterocycles. The van der Waals surface area contributed by atoms with E-state index < -0.39 is 40.0 Å². The van der Waals surface area contributed by atoms with Crippen molar-refractivity contribution < 1.29 is 22.7 Å². The molecule has 0 unspecified atom stereocenters. The highest BCUT2D eigenvalue weighted by atomic mass is 35.5. The average molecular weight is 697 g/mol. The molecule has 0 radical (unpaired) electrons. The summed E-state index contributed by atoms with van der Waals surface area (Å²) in [4.78, 5) is 29.6. The van der Waals surface area contributed by atoms with Crippen LogP contribution in [-0.2, 0) is 39.2 Å². The summed E-state index contributed by atoms with van der Waals surface area (Å²) >= 11 is 13.1. The molecule has 0 bridgehead atoms. The van der Waals surface area contributed by atoms with E-state index >= 15 is 0 Å². The molecule has 0 aliphatic carbocycles. The Morgan fingerprint density at radius 3 is 1.89 bits per heavy atom. The van der Waals surface area contributed by atoms with Crippen LogP contribution in [0.4, 0.5) is 5.69 Å². The van der Waals surface area contributed by atoms with Crippen LogP contribution in [0.5, 0.6) is 5.75 Å². The minimum absolute atomic E-state index is 0.129. The van der Waals surface area contributed by atoms with Gasteiger partial charge in [0.15, 0.2) is 0 Å². The number of anilines is 1. The molecule has 0 spiro atoms. The van der Waals surface area contributed by atoms with Crippen LogP contribution >= 0.6 is 23.2 Å². The zero-order valence-corrected chi connectivity index (χ0v) is 29.1. The average Bonchev–Trinajstić information content (AvgIpc) is 3.01. The predicted molar refractivity (Wildman–Crippen MR) is 188 cm³/mol. The Hall–Kier alpha value is -4.05. The van der Waals surface area contributed by atoms with Gasteiger partial charge in [0, 0.05) is 34.1 Å². The normalized spacial score (nSPS) is 12.2. The quantitative estimate of drug-likeness (QED) is 0.164. The van der Waals surface area contributed by atoms with E-state index in [0.29, 0.717) is 28.0 Å². The predicted octanol–water partition coefficient (Wildman–Crippen LogP) is 6.89. The third-order valence-corrected chi connectivity index (χ3v) is 9.06. The minimum atomic E-state index is -3.95. The molecule has 0 heterocycles. The van der Waals surface area contributed by atoms with E-state index in [9.17, 15) is 18.0 Å². The molecule has 1 atom stereocenters. The van der Waals surface area contributed by atoms with Crippen LogP contribution in [0.2, 0.25) is 10.0 Å². The third kappa shape index (κ3) is 10.5. The second kappa shape index (κ2) is 15.7. The summed E-state index contributed by atoms with van der Waals surface area (Å²) in [5, 5.41) is 3.62. The summed E-state index contributed by atoms with van der Waals surface area (Å²) in [6.07, 6.45) is 1.20. The number of nitrogens with zero attached hydrogens (tertiary/aromatic N) is 2. The molecule has 2 amide bonds. The van der Waals surface area contributed by atoms with E-state index in [1.54, 1.807) is 42.5 Å². The van der Waals surface area contributed by atoms with Crippen LogP contribution < -0.4 is 14.4 Å². The van der Waals surface area contributed by atoms with Gasteiger partial charge in [0.2, 0.25) is 21.8 Å². The van der Waals surface area contributed by atoms with Crippen LogP contribution in [-0.4, -0.2) is 49.5 Å². The number of rotatable bonds is 13. The number of carbonyl (C=O) groups excluding carboxylic acids is 2. The second-order valence-corrected chi connectivity index (χ2v) is 14.9. The number of hydrogen-bond donors (Lipinski definition) is 1. The van der Waals surface area contributed by atoms with Crippen molar-refractivity contribution in [1.29, 1.82) is 0 Å². The molecular formula is C36H39Cl2N3O5S. The molecule has 248 valence electrons. The van der Waals surface area contributed by atoms with Crippen molar-refractivity contribution in [3.63, 3.8) is 0 Å². The number of benzene rings is 4. The maximum Gasteiger partial charge on any atom is 0.244 e. The lowest BCUT2D eigenvalue weighted by molar-refractivity contribution is -0.140. The zero-order valence-electron chi connectivity index (χ0n) is 26.8. The maximum absolute atomic E-state index is 14.4. The van der Waals surface area contributed by atoms with E-state index in [1.165, 1.54) is 4.90 Å². The summed E-state index contributed by atoms with van der Waals surface area (Å²) in [7, 11) is -3.95. The number of nitrogens with one attached hydrogen (secondary N) is 1. The molecule has 4 rings (SSSR count). The van der Waals surface area contributed by atoms with Gasteiger partial charge in [-0.05, 0) is 68.3 Å². The lowest BCUT2D eigenvalue weighted by Gasteiger charge is -2.35. The van der Waals surface area contributed by atoms with Crippen molar-refractivity contribution in [1.82, 2.24) is 10.2 Å². The number of carbonyl (C=O) groups is 2. The summed E-state index contributed by atoms with van der Waals surface area (Å²) in [5.74, 6) is -0.473. The Morgan fingerprint density at radius 2 is 1.36 bits per heavy atom. The second-order valence-electron chi connectivity index (χ2n) is 12.2. The van der Waals surface area contributed by atoms with Crippen molar-refractivity contribution >= 4 is 50.7 Å². The zero-order chi connectivity index (χ0) is 34.2. The molecule has 4 aromatic carbocycles. The molecule has 4 aromatic rings. The summed E-state index contributed by atoms with van der Waals surface area (Å²) in [6.45, 7) is 5.18. The molecule has 0 saturated carbocycles. The highest BCUT2D eigenvalue weighted by molar-refractivity contribution is 7.92. The number of sulfonamides is 1. The standard InChI is InChI=1S/C36H39Cl2N3O5S/c1-36(2,3)39-35(43)33(22-26-12-7-5-8-13-26)40(23-30-31(37)16-11-17-32(30)38)34(42)24-41(47(4,44)45)28-18-20-29(21-19-28)46-25-27-14-9-6-10-15-27/h5-21,33H,22-25H2,1-4H3,(H,39,43)/t33-/m1/s1. The lowest BCUT2D eigenvalue weighted by atomic mass is 10.0. The fourth-order valence-corrected chi connectivity index (χ4v) is 6.29. The molecule has 0 aliphatic rings. The van der Waals surface area contributed by atoms with Gasteiger partial charge in [0.25, 0.3) is 0 Å². The molecule has 0 fully saturated rings. The topological polar surface area (TPSA) is 96.0 Å². The van der Waals surface area contributed by atoms with Crippen molar-refractivity contribution in [3.05, 3.63) is 130 Å². The van der Waals surface area contributed by atoms with Crippen LogP contribution in [0.3, 0.4) is 0 Å². The molecule has 0 aromatic heterocycles. The van der Waals surface area contributed by atoms with Gasteiger partial charge in [-0.2, -0.15) is 0 Å². The van der Waals surface area contributed by atoms with Gasteiger partial charge < -0.3 is 15.0 Å². The molecule has 11 heteroatoms. The fourth-order valence-electron chi connectivity index (χ4n) is 4.92. The van der Waals surface area contributed by atoms with Crippen molar-refractivity contribution in [2.75, 3.05) is 17.1 Å². The van der Waals surface area contributed by atoms with Gasteiger partial charge in [-0.1, -0.05) is 89.9 Å². The fraction of sp³-hybridized carbons (Fsp3) is 0.278. The van der Waals surface area contributed by atoms with E-state index in [1.807, 2.05) is 81.4 Å². The SMILES string of the molecule is CC(C)(C)NC(=O)[C@@H](Cc1ccccc1)N(Cc1c(Cl)cccc1Cl)C(=O)CN(c1ccc(OCc2ccccc2)cc1)S(C)(=O)=O. The number of hydrogen-bond acceptors (Lipinski definition) is 5. The van der Waals surface area contributed by atoms with Crippen LogP contribution in [0.15, 0.2) is 103 Å². The number of halogens is 2. The Balaban J connectivity index is 1.69. The first-order valence-corrected chi connectivity index (χ1v) is 17.6. The van der Waals surface area contributed by atoms with Gasteiger partial charge in [0.05, 0.1) is 11.9 Å². The Labute approximate surface area is 287 Å². The lowest BCUT2D eigenvalue weighted by Crippen LogP contribution is -2.56. The third-order valence-electron chi connectivity index (χ3n) is 7.21. The van der Waals surface area contributed by atoms with Crippen LogP contribution in [0.25, 0.3) is 0 Å². The summed E-state index contributed by atoms with van der Waals surface area (Å²) < 4.78 is 33.1. The van der Waals surface area contributed by atoms with Crippen LogP contribution in [0.1, 0.15) is 37.5 Å². The Morgan fingerprint density at radius 1 is 0.809 bits per heavy atom. The van der Waals surface area contributed by atoms with Gasteiger partial charge in [-0.25, -0.2) is 8.42 Å². The summed E-state index contributed by atoms with van der Waals surface area (Å²) in [6, 6.07) is 29.4. The first-order valence-electron chi connectivity index (χ1n) is 15.0. The van der Waals surface area contributed by atoms with Gasteiger partial charge >= 0.3 is 0 Å². The van der Waals surface area contributed by atoms with Gasteiger partial charge in [-0.15, -0.1) is 0 Å². The minimum Gasteiger partial charge on any atom is -0.489 e. The van der Waals surface area contributed by atoms with Crippen LogP contribution in [0, 0.1) is 0 Å².